The fraction of sp³-hybridized carbons (Fsp3) is 0.647. The van der Waals surface area contributed by atoms with E-state index in [1.807, 2.05) is 0 Å². The molecule has 1 saturated heterocycles. The van der Waals surface area contributed by atoms with Crippen LogP contribution in [0, 0.1) is 0 Å². The van der Waals surface area contributed by atoms with E-state index in [1.54, 1.807) is 5.56 Å². The van der Waals surface area contributed by atoms with Crippen LogP contribution in [-0.4, -0.2) is 21.9 Å². The molecule has 0 aromatic heterocycles. The van der Waals surface area contributed by atoms with E-state index in [1.165, 1.54) is 44.6 Å². The lowest BCUT2D eigenvalue weighted by molar-refractivity contribution is 0.0648. The quantitative estimate of drug-likeness (QED) is 0.682. The summed E-state index contributed by atoms with van der Waals surface area (Å²) in [6.07, 6.45) is 8.04. The second kappa shape index (κ2) is 8.54. The number of hydrogen-bond donors (Lipinski definition) is 0. The van der Waals surface area contributed by atoms with E-state index in [-0.39, 0.29) is 9.52 Å². The van der Waals surface area contributed by atoms with Crippen molar-refractivity contribution in [1.29, 1.82) is 0 Å². The van der Waals surface area contributed by atoms with Gasteiger partial charge in [-0.05, 0) is 37.2 Å². The number of benzene rings is 1. The summed E-state index contributed by atoms with van der Waals surface area (Å²) in [6, 6.07) is 12.6. The van der Waals surface area contributed by atoms with E-state index >= 15 is 0 Å². The maximum absolute atomic E-state index is 5.93. The van der Waals surface area contributed by atoms with Gasteiger partial charge in [-0.15, -0.1) is 0 Å². The van der Waals surface area contributed by atoms with Gasteiger partial charge in [0, 0.05) is 12.3 Å². The average Bonchev–Trinajstić information content (AvgIpc) is 2.49. The molecule has 1 nitrogen and oxygen atoms in total. The Morgan fingerprint density at radius 1 is 1.26 bits per heavy atom. The molecular formula is C17H28OSi. The predicted octanol–water partition coefficient (Wildman–Crippen LogP) is 4.07. The van der Waals surface area contributed by atoms with Crippen LogP contribution in [0.2, 0.25) is 6.04 Å². The fourth-order valence-electron chi connectivity index (χ4n) is 3.08. The molecule has 106 valence electrons. The molecule has 0 bridgehead atoms. The topological polar surface area (TPSA) is 9.23 Å². The van der Waals surface area contributed by atoms with Crippen LogP contribution in [0.1, 0.15) is 56.9 Å². The highest BCUT2D eigenvalue weighted by Gasteiger charge is 2.18. The van der Waals surface area contributed by atoms with Crippen LogP contribution < -0.4 is 0 Å². The van der Waals surface area contributed by atoms with Gasteiger partial charge in [0.25, 0.3) is 0 Å². The number of unbranched alkanes of at least 4 members (excludes halogenated alkanes) is 1. The third-order valence-electron chi connectivity index (χ3n) is 4.29. The predicted molar refractivity (Wildman–Crippen MR) is 85.7 cm³/mol. The van der Waals surface area contributed by atoms with Crippen molar-refractivity contribution in [2.45, 2.75) is 63.1 Å². The zero-order valence-electron chi connectivity index (χ0n) is 12.3. The van der Waals surface area contributed by atoms with Crippen LogP contribution in [0.15, 0.2) is 30.3 Å². The summed E-state index contributed by atoms with van der Waals surface area (Å²) >= 11 is 0. The minimum absolute atomic E-state index is 0.0759. The molecule has 1 aliphatic rings. The SMILES string of the molecule is CCCCC(C[SiH2]C1CCCCO1)c1ccccc1. The maximum Gasteiger partial charge on any atom is 0.0561 e. The highest BCUT2D eigenvalue weighted by molar-refractivity contribution is 6.37. The summed E-state index contributed by atoms with van der Waals surface area (Å²) in [5, 5.41) is 0. The monoisotopic (exact) mass is 276 g/mol. The van der Waals surface area contributed by atoms with E-state index < -0.39 is 0 Å². The molecule has 1 fully saturated rings. The number of rotatable bonds is 7. The van der Waals surface area contributed by atoms with Crippen molar-refractivity contribution in [2.75, 3.05) is 6.61 Å². The second-order valence-electron chi connectivity index (χ2n) is 5.82. The normalized spacial score (nSPS) is 21.8. The van der Waals surface area contributed by atoms with Crippen molar-refractivity contribution in [3.8, 4) is 0 Å². The Kier molecular flexibility index (Phi) is 6.65. The fourth-order valence-corrected chi connectivity index (χ4v) is 5.38. The van der Waals surface area contributed by atoms with E-state index in [0.29, 0.717) is 5.73 Å². The van der Waals surface area contributed by atoms with Gasteiger partial charge >= 0.3 is 0 Å². The molecular weight excluding hydrogens is 248 g/mol. The van der Waals surface area contributed by atoms with Crippen LogP contribution in [-0.2, 0) is 4.74 Å². The molecule has 2 atom stereocenters. The minimum Gasteiger partial charge on any atom is -0.382 e. The Labute approximate surface area is 120 Å². The maximum atomic E-state index is 5.93. The Morgan fingerprint density at radius 2 is 2.11 bits per heavy atom. The lowest BCUT2D eigenvalue weighted by Gasteiger charge is -2.25. The van der Waals surface area contributed by atoms with Crippen molar-refractivity contribution in [2.24, 2.45) is 0 Å². The molecule has 0 saturated carbocycles. The molecule has 2 unspecified atom stereocenters. The van der Waals surface area contributed by atoms with Crippen LogP contribution >= 0.6 is 0 Å². The molecule has 1 aromatic carbocycles. The minimum atomic E-state index is -0.0759. The van der Waals surface area contributed by atoms with E-state index in [4.69, 9.17) is 4.74 Å². The molecule has 1 aliphatic heterocycles. The Morgan fingerprint density at radius 3 is 2.79 bits per heavy atom. The molecule has 19 heavy (non-hydrogen) atoms. The summed E-state index contributed by atoms with van der Waals surface area (Å²) in [6.45, 7) is 3.31. The molecule has 0 radical (unpaired) electrons. The standard InChI is InChI=1S/C17H28OSi/c1-2-3-9-16(15-10-5-4-6-11-15)14-19-17-12-7-8-13-18-17/h4-6,10-11,16-17H,2-3,7-9,12-14,19H2,1H3. The van der Waals surface area contributed by atoms with Gasteiger partial charge in [-0.25, -0.2) is 0 Å². The Hall–Kier alpha value is -0.603. The summed E-state index contributed by atoms with van der Waals surface area (Å²) < 4.78 is 5.93. The molecule has 0 aliphatic carbocycles. The van der Waals surface area contributed by atoms with Crippen molar-refractivity contribution in [1.82, 2.24) is 0 Å². The highest BCUT2D eigenvalue weighted by Crippen LogP contribution is 2.27. The summed E-state index contributed by atoms with van der Waals surface area (Å²) in [5.41, 5.74) is 2.22. The molecule has 2 heteroatoms. The third kappa shape index (κ3) is 5.11. The molecule has 1 heterocycles. The van der Waals surface area contributed by atoms with Gasteiger partial charge in [0.1, 0.15) is 0 Å². The first kappa shape index (κ1) is 14.8. The second-order valence-corrected chi connectivity index (χ2v) is 7.88. The summed E-state index contributed by atoms with van der Waals surface area (Å²) in [4.78, 5) is 0. The van der Waals surface area contributed by atoms with Gasteiger partial charge in [-0.1, -0.05) is 56.1 Å². The number of ether oxygens (including phenoxy) is 1. The van der Waals surface area contributed by atoms with Gasteiger partial charge in [0.2, 0.25) is 0 Å². The van der Waals surface area contributed by atoms with Gasteiger partial charge in [0.15, 0.2) is 0 Å². The Bertz CT molecular complexity index is 332. The first-order chi connectivity index (χ1) is 9.40. The zero-order valence-corrected chi connectivity index (χ0v) is 13.7. The highest BCUT2D eigenvalue weighted by atomic mass is 28.2. The van der Waals surface area contributed by atoms with Crippen molar-refractivity contribution in [3.63, 3.8) is 0 Å². The lowest BCUT2D eigenvalue weighted by atomic mass is 9.95. The average molecular weight is 276 g/mol. The van der Waals surface area contributed by atoms with Gasteiger partial charge in [0.05, 0.1) is 9.52 Å². The molecule has 0 spiro atoms. The summed E-state index contributed by atoms with van der Waals surface area (Å²) in [7, 11) is -0.0759. The Balaban J connectivity index is 1.86. The van der Waals surface area contributed by atoms with Gasteiger partial charge in [-0.2, -0.15) is 0 Å². The van der Waals surface area contributed by atoms with Crippen LogP contribution in [0.5, 0.6) is 0 Å². The lowest BCUT2D eigenvalue weighted by Crippen LogP contribution is -2.26. The molecule has 0 N–H and O–H groups in total. The van der Waals surface area contributed by atoms with Crippen LogP contribution in [0.3, 0.4) is 0 Å². The summed E-state index contributed by atoms with van der Waals surface area (Å²) in [5.74, 6) is 0.790. The smallest absolute Gasteiger partial charge is 0.0561 e. The van der Waals surface area contributed by atoms with Crippen LogP contribution in [0.25, 0.3) is 0 Å². The first-order valence-electron chi connectivity index (χ1n) is 8.06. The van der Waals surface area contributed by atoms with Crippen molar-refractivity contribution in [3.05, 3.63) is 35.9 Å². The van der Waals surface area contributed by atoms with Gasteiger partial charge < -0.3 is 4.74 Å². The van der Waals surface area contributed by atoms with Crippen molar-refractivity contribution >= 4 is 9.52 Å². The van der Waals surface area contributed by atoms with E-state index in [9.17, 15) is 0 Å². The molecule has 2 rings (SSSR count). The van der Waals surface area contributed by atoms with E-state index in [0.717, 1.165) is 12.5 Å². The third-order valence-corrected chi connectivity index (χ3v) is 6.61. The van der Waals surface area contributed by atoms with Crippen molar-refractivity contribution < 1.29 is 4.74 Å². The first-order valence-corrected chi connectivity index (χ1v) is 9.88. The zero-order chi connectivity index (χ0) is 13.3. The number of hydrogen-bond acceptors (Lipinski definition) is 1. The molecule has 1 aromatic rings. The largest absolute Gasteiger partial charge is 0.382 e. The van der Waals surface area contributed by atoms with E-state index in [2.05, 4.69) is 37.3 Å². The van der Waals surface area contributed by atoms with Gasteiger partial charge in [-0.3, -0.25) is 0 Å². The van der Waals surface area contributed by atoms with Crippen LogP contribution in [0.4, 0.5) is 0 Å². The molecule has 0 amide bonds.